The zero-order valence-corrected chi connectivity index (χ0v) is 18.1. The lowest BCUT2D eigenvalue weighted by Crippen LogP contribution is -2.25. The molecule has 1 aliphatic carbocycles. The van der Waals surface area contributed by atoms with Gasteiger partial charge in [0.15, 0.2) is 0 Å². The summed E-state index contributed by atoms with van der Waals surface area (Å²) in [5.74, 6) is 0. The Hall–Kier alpha value is -0.970. The number of unbranched alkanes of at least 4 members (excludes halogenated alkanes) is 2. The van der Waals surface area contributed by atoms with Crippen molar-refractivity contribution in [1.82, 2.24) is 0 Å². The normalized spacial score (nSPS) is 13.8. The van der Waals surface area contributed by atoms with Crippen LogP contribution in [-0.2, 0) is 5.41 Å². The third kappa shape index (κ3) is 3.44. The number of hydrogen-bond donors (Lipinski definition) is 4. The summed E-state index contributed by atoms with van der Waals surface area (Å²) in [6, 6.07) is 8.53. The highest BCUT2D eigenvalue weighted by Gasteiger charge is 2.42. The fraction of sp³-hybridized carbons (Fsp3) is 0.429. The van der Waals surface area contributed by atoms with E-state index < -0.39 is 0 Å². The molecule has 0 spiro atoms. The summed E-state index contributed by atoms with van der Waals surface area (Å²) < 4.78 is 0. The molecule has 1 aliphatic rings. The minimum absolute atomic E-state index is 0. The summed E-state index contributed by atoms with van der Waals surface area (Å²) in [7, 11) is 0. The van der Waals surface area contributed by atoms with E-state index in [4.69, 9.17) is 11.5 Å². The molecule has 2 nitrogen and oxygen atoms in total. The van der Waals surface area contributed by atoms with E-state index in [-0.39, 0.29) is 17.8 Å². The molecule has 0 atom stereocenters. The van der Waals surface area contributed by atoms with E-state index in [0.717, 1.165) is 34.0 Å². The van der Waals surface area contributed by atoms with Crippen molar-refractivity contribution in [3.63, 3.8) is 0 Å². The smallest absolute Gasteiger partial charge is 0.0456 e. The van der Waals surface area contributed by atoms with Gasteiger partial charge in [0.25, 0.3) is 0 Å². The van der Waals surface area contributed by atoms with Crippen LogP contribution >= 0.6 is 37.7 Å². The van der Waals surface area contributed by atoms with Gasteiger partial charge in [0.2, 0.25) is 0 Å². The summed E-state index contributed by atoms with van der Waals surface area (Å²) in [5, 5.41) is 0. The Morgan fingerprint density at radius 3 is 1.50 bits per heavy atom. The van der Waals surface area contributed by atoms with Crippen molar-refractivity contribution >= 4 is 49.0 Å². The van der Waals surface area contributed by atoms with Gasteiger partial charge < -0.3 is 11.5 Å². The van der Waals surface area contributed by atoms with Crippen LogP contribution in [0, 0.1) is 0 Å². The fourth-order valence-electron chi connectivity index (χ4n) is 4.21. The molecule has 3 rings (SSSR count). The summed E-state index contributed by atoms with van der Waals surface area (Å²) >= 11 is 9.22. The van der Waals surface area contributed by atoms with Gasteiger partial charge in [0.05, 0.1) is 0 Å². The molecule has 0 amide bonds. The van der Waals surface area contributed by atoms with Crippen LogP contribution in [0.2, 0.25) is 0 Å². The molecule has 0 heterocycles. The van der Waals surface area contributed by atoms with Crippen molar-refractivity contribution in [2.75, 3.05) is 11.5 Å². The summed E-state index contributed by atoms with van der Waals surface area (Å²) in [6.45, 7) is 4.51. The Morgan fingerprint density at radius 1 is 0.769 bits per heavy atom. The van der Waals surface area contributed by atoms with Crippen LogP contribution in [0.4, 0.5) is 11.4 Å². The number of fused-ring (bicyclic) bond motifs is 3. The van der Waals surface area contributed by atoms with Crippen LogP contribution in [0.3, 0.4) is 0 Å². The van der Waals surface area contributed by atoms with E-state index in [2.05, 4.69) is 63.4 Å². The summed E-state index contributed by atoms with van der Waals surface area (Å²) in [6.07, 6.45) is 7.03. The highest BCUT2D eigenvalue weighted by atomic mass is 35.5. The zero-order valence-electron chi connectivity index (χ0n) is 15.5. The molecule has 0 fully saturated rings. The number of nitrogen functional groups attached to an aromatic ring is 2. The maximum absolute atomic E-state index is 6.18. The highest BCUT2D eigenvalue weighted by Crippen LogP contribution is 2.56. The molecular formula is C21H29ClN2S2. The van der Waals surface area contributed by atoms with Crippen molar-refractivity contribution in [3.8, 4) is 11.1 Å². The van der Waals surface area contributed by atoms with Crippen molar-refractivity contribution in [3.05, 3.63) is 35.4 Å². The average molecular weight is 409 g/mol. The molecule has 0 aliphatic heterocycles. The van der Waals surface area contributed by atoms with Gasteiger partial charge in [-0.25, -0.2) is 0 Å². The number of anilines is 2. The van der Waals surface area contributed by atoms with E-state index in [9.17, 15) is 0 Å². The molecule has 2 aromatic carbocycles. The summed E-state index contributed by atoms with van der Waals surface area (Å²) in [5.41, 5.74) is 19.0. The van der Waals surface area contributed by atoms with Gasteiger partial charge in [-0.3, -0.25) is 0 Å². The molecule has 5 heteroatoms. The Kier molecular flexibility index (Phi) is 6.86. The summed E-state index contributed by atoms with van der Waals surface area (Å²) in [4.78, 5) is 1.73. The number of benzene rings is 2. The van der Waals surface area contributed by atoms with Gasteiger partial charge >= 0.3 is 0 Å². The maximum Gasteiger partial charge on any atom is 0.0456 e. The lowest BCUT2D eigenvalue weighted by molar-refractivity contribution is 0.413. The van der Waals surface area contributed by atoms with Crippen LogP contribution in [0.5, 0.6) is 0 Å². The van der Waals surface area contributed by atoms with Crippen LogP contribution in [0.25, 0.3) is 11.1 Å². The lowest BCUT2D eigenvalue weighted by atomic mass is 9.71. The lowest BCUT2D eigenvalue weighted by Gasteiger charge is -2.33. The molecule has 0 saturated carbocycles. The van der Waals surface area contributed by atoms with E-state index in [0.29, 0.717) is 0 Å². The minimum atomic E-state index is 0. The number of nitrogens with two attached hydrogens (primary N) is 2. The van der Waals surface area contributed by atoms with Crippen molar-refractivity contribution in [1.29, 1.82) is 0 Å². The fourth-order valence-corrected chi connectivity index (χ4v) is 4.60. The molecular weight excluding hydrogens is 380 g/mol. The standard InChI is InChI=1S/C21H28N2S2.ClH/c1-3-5-7-21(8-6-4-2)15-11-19(24)17(22)9-13(15)14-10-18(23)20(25)12-16(14)21;/h9-12,24-25H,3-8,22-23H2,1-2H3;1H. The van der Waals surface area contributed by atoms with Gasteiger partial charge in [-0.05, 0) is 59.4 Å². The average Bonchev–Trinajstić information content (AvgIpc) is 2.82. The van der Waals surface area contributed by atoms with Crippen molar-refractivity contribution in [2.24, 2.45) is 0 Å². The molecule has 4 N–H and O–H groups in total. The maximum atomic E-state index is 6.18. The second-order valence-electron chi connectivity index (χ2n) is 7.20. The first-order valence-corrected chi connectivity index (χ1v) is 10.1. The molecule has 26 heavy (non-hydrogen) atoms. The number of hydrogen-bond acceptors (Lipinski definition) is 4. The molecule has 0 bridgehead atoms. The minimum Gasteiger partial charge on any atom is -0.398 e. The highest BCUT2D eigenvalue weighted by molar-refractivity contribution is 7.80. The molecule has 0 radical (unpaired) electrons. The predicted molar refractivity (Wildman–Crippen MR) is 122 cm³/mol. The topological polar surface area (TPSA) is 52.0 Å². The van der Waals surface area contributed by atoms with Gasteiger partial charge in [0.1, 0.15) is 0 Å². The first-order valence-electron chi connectivity index (χ1n) is 9.21. The van der Waals surface area contributed by atoms with E-state index in [1.165, 1.54) is 47.9 Å². The SMILES string of the molecule is CCCCC1(CCCC)c2cc(S)c(N)cc2-c2cc(N)c(S)cc21.Cl. The van der Waals surface area contributed by atoms with Gasteiger partial charge in [-0.2, -0.15) is 0 Å². The van der Waals surface area contributed by atoms with Crippen LogP contribution in [-0.4, -0.2) is 0 Å². The Morgan fingerprint density at radius 2 is 1.15 bits per heavy atom. The molecule has 0 saturated heterocycles. The Labute approximate surface area is 174 Å². The largest absolute Gasteiger partial charge is 0.398 e. The molecule has 142 valence electrons. The van der Waals surface area contributed by atoms with Crippen LogP contribution in [0.15, 0.2) is 34.1 Å². The van der Waals surface area contributed by atoms with Gasteiger partial charge in [-0.15, -0.1) is 37.7 Å². The van der Waals surface area contributed by atoms with Crippen LogP contribution in [0.1, 0.15) is 63.5 Å². The van der Waals surface area contributed by atoms with E-state index in [1.54, 1.807) is 0 Å². The van der Waals surface area contributed by atoms with Gasteiger partial charge in [0, 0.05) is 26.6 Å². The Balaban J connectivity index is 0.00000243. The zero-order chi connectivity index (χ0) is 18.2. The molecule has 0 aromatic heterocycles. The number of rotatable bonds is 6. The van der Waals surface area contributed by atoms with Crippen molar-refractivity contribution < 1.29 is 0 Å². The number of halogens is 1. The third-order valence-corrected chi connectivity index (χ3v) is 6.34. The monoisotopic (exact) mass is 408 g/mol. The van der Waals surface area contributed by atoms with Gasteiger partial charge in [-0.1, -0.05) is 39.5 Å². The number of thiol groups is 2. The third-order valence-electron chi connectivity index (χ3n) is 5.57. The van der Waals surface area contributed by atoms with E-state index in [1.807, 2.05) is 0 Å². The van der Waals surface area contributed by atoms with Crippen molar-refractivity contribution in [2.45, 2.75) is 67.6 Å². The second-order valence-corrected chi connectivity index (χ2v) is 8.17. The molecule has 2 aromatic rings. The predicted octanol–water partition coefficient (Wildman–Crippen LogP) is 6.50. The quantitative estimate of drug-likeness (QED) is 0.325. The Bertz CT molecular complexity index is 738. The first kappa shape index (κ1) is 21.3. The van der Waals surface area contributed by atoms with Crippen LogP contribution < -0.4 is 11.5 Å². The first-order chi connectivity index (χ1) is 11.9. The molecule has 0 unspecified atom stereocenters. The van der Waals surface area contributed by atoms with E-state index >= 15 is 0 Å². The second kappa shape index (κ2) is 8.37.